The maximum absolute atomic E-state index is 12.8. The molecule has 2 nitrogen and oxygen atoms in total. The molecule has 2 unspecified atom stereocenters. The molecule has 17 heavy (non-hydrogen) atoms. The first-order valence-electron chi connectivity index (χ1n) is 5.42. The van der Waals surface area contributed by atoms with E-state index in [0.29, 0.717) is 5.56 Å². The Balaban J connectivity index is 2.20. The summed E-state index contributed by atoms with van der Waals surface area (Å²) >= 11 is 0. The highest BCUT2D eigenvalue weighted by molar-refractivity contribution is 5.25. The first kappa shape index (κ1) is 11.8. The summed E-state index contributed by atoms with van der Waals surface area (Å²) in [6, 6.07) is 14.5. The molecule has 3 heteroatoms. The van der Waals surface area contributed by atoms with Crippen LogP contribution in [0.1, 0.15) is 23.3 Å². The van der Waals surface area contributed by atoms with Gasteiger partial charge in [0.05, 0.1) is 12.1 Å². The summed E-state index contributed by atoms with van der Waals surface area (Å²) in [4.78, 5) is 0. The number of benzene rings is 2. The van der Waals surface area contributed by atoms with Crippen molar-refractivity contribution in [2.45, 2.75) is 12.1 Å². The normalized spacial score (nSPS) is 14.3. The molecule has 0 saturated carbocycles. The van der Waals surface area contributed by atoms with Gasteiger partial charge in [-0.2, -0.15) is 0 Å². The molecule has 0 spiro atoms. The Hall–Kier alpha value is -1.71. The van der Waals surface area contributed by atoms with Crippen LogP contribution in [0.2, 0.25) is 0 Å². The highest BCUT2D eigenvalue weighted by Gasteiger charge is 2.18. The Morgan fingerprint density at radius 2 is 1.47 bits per heavy atom. The maximum atomic E-state index is 12.8. The van der Waals surface area contributed by atoms with Crippen molar-refractivity contribution in [1.29, 1.82) is 0 Å². The van der Waals surface area contributed by atoms with E-state index in [1.807, 2.05) is 30.3 Å². The van der Waals surface area contributed by atoms with Gasteiger partial charge in [0, 0.05) is 0 Å². The lowest BCUT2D eigenvalue weighted by Crippen LogP contribution is -2.19. The molecule has 2 atom stereocenters. The molecule has 88 valence electrons. The van der Waals surface area contributed by atoms with Gasteiger partial charge in [-0.25, -0.2) is 4.39 Å². The Kier molecular flexibility index (Phi) is 3.52. The van der Waals surface area contributed by atoms with E-state index in [-0.39, 0.29) is 5.82 Å². The van der Waals surface area contributed by atoms with Crippen LogP contribution in [-0.2, 0) is 0 Å². The molecule has 0 aromatic heterocycles. The van der Waals surface area contributed by atoms with Gasteiger partial charge in [0.1, 0.15) is 5.82 Å². The number of hydrogen-bond donors (Lipinski definition) is 2. The second-order valence-corrected chi connectivity index (χ2v) is 3.93. The minimum atomic E-state index is -0.835. The molecule has 2 aromatic rings. The number of halogens is 1. The monoisotopic (exact) mass is 231 g/mol. The van der Waals surface area contributed by atoms with Crippen LogP contribution in [0.25, 0.3) is 0 Å². The average Bonchev–Trinajstić information content (AvgIpc) is 2.39. The second-order valence-electron chi connectivity index (χ2n) is 3.93. The van der Waals surface area contributed by atoms with Crippen molar-refractivity contribution in [2.75, 3.05) is 0 Å². The number of nitrogens with two attached hydrogens (primary N) is 1. The van der Waals surface area contributed by atoms with Gasteiger partial charge in [-0.15, -0.1) is 0 Å². The third-order valence-corrected chi connectivity index (χ3v) is 2.74. The average molecular weight is 231 g/mol. The van der Waals surface area contributed by atoms with Crippen molar-refractivity contribution < 1.29 is 9.50 Å². The van der Waals surface area contributed by atoms with Crippen LogP contribution in [0.4, 0.5) is 4.39 Å². The van der Waals surface area contributed by atoms with Gasteiger partial charge in [0.25, 0.3) is 0 Å². The molecule has 0 saturated heterocycles. The van der Waals surface area contributed by atoms with Crippen molar-refractivity contribution in [1.82, 2.24) is 0 Å². The van der Waals surface area contributed by atoms with E-state index in [1.54, 1.807) is 12.1 Å². The molecular weight excluding hydrogens is 217 g/mol. The Morgan fingerprint density at radius 1 is 0.882 bits per heavy atom. The zero-order chi connectivity index (χ0) is 12.3. The molecule has 0 aliphatic carbocycles. The molecule has 0 radical (unpaired) electrons. The summed E-state index contributed by atoms with van der Waals surface area (Å²) in [5, 5.41) is 10.1. The SMILES string of the molecule is NC(c1ccccc1)C(O)c1ccc(F)cc1. The first-order chi connectivity index (χ1) is 8.18. The van der Waals surface area contributed by atoms with Crippen LogP contribution in [0.5, 0.6) is 0 Å². The minimum Gasteiger partial charge on any atom is -0.386 e. The van der Waals surface area contributed by atoms with E-state index >= 15 is 0 Å². The maximum Gasteiger partial charge on any atom is 0.123 e. The number of aliphatic hydroxyl groups is 1. The number of hydrogen-bond acceptors (Lipinski definition) is 2. The van der Waals surface area contributed by atoms with Gasteiger partial charge in [0.2, 0.25) is 0 Å². The lowest BCUT2D eigenvalue weighted by molar-refractivity contribution is 0.147. The number of aliphatic hydroxyl groups excluding tert-OH is 1. The summed E-state index contributed by atoms with van der Waals surface area (Å²) in [6.07, 6.45) is -0.835. The predicted octanol–water partition coefficient (Wildman–Crippen LogP) is 2.56. The first-order valence-corrected chi connectivity index (χ1v) is 5.42. The van der Waals surface area contributed by atoms with Crippen LogP contribution in [0.3, 0.4) is 0 Å². The highest BCUT2D eigenvalue weighted by Crippen LogP contribution is 2.26. The van der Waals surface area contributed by atoms with Crippen molar-refractivity contribution in [2.24, 2.45) is 5.73 Å². The quantitative estimate of drug-likeness (QED) is 0.852. The third kappa shape index (κ3) is 2.70. The largest absolute Gasteiger partial charge is 0.386 e. The fourth-order valence-electron chi connectivity index (χ4n) is 1.72. The molecule has 0 amide bonds. The zero-order valence-corrected chi connectivity index (χ0v) is 9.25. The van der Waals surface area contributed by atoms with Crippen molar-refractivity contribution in [3.05, 3.63) is 71.5 Å². The van der Waals surface area contributed by atoms with Crippen molar-refractivity contribution >= 4 is 0 Å². The van der Waals surface area contributed by atoms with Crippen LogP contribution < -0.4 is 5.73 Å². The van der Waals surface area contributed by atoms with E-state index < -0.39 is 12.1 Å². The topological polar surface area (TPSA) is 46.2 Å². The lowest BCUT2D eigenvalue weighted by atomic mass is 9.97. The van der Waals surface area contributed by atoms with Gasteiger partial charge in [0.15, 0.2) is 0 Å². The van der Waals surface area contributed by atoms with Gasteiger partial charge in [-0.1, -0.05) is 42.5 Å². The van der Waals surface area contributed by atoms with E-state index in [2.05, 4.69) is 0 Å². The van der Waals surface area contributed by atoms with E-state index in [4.69, 9.17) is 5.73 Å². The number of rotatable bonds is 3. The fourth-order valence-corrected chi connectivity index (χ4v) is 1.72. The Labute approximate surface area is 99.5 Å². The molecule has 0 aliphatic heterocycles. The van der Waals surface area contributed by atoms with E-state index in [1.165, 1.54) is 12.1 Å². The lowest BCUT2D eigenvalue weighted by Gasteiger charge is -2.19. The molecule has 2 aromatic carbocycles. The molecule has 0 fully saturated rings. The van der Waals surface area contributed by atoms with Gasteiger partial charge in [-0.05, 0) is 23.3 Å². The van der Waals surface area contributed by atoms with E-state index in [9.17, 15) is 9.50 Å². The molecule has 0 aliphatic rings. The van der Waals surface area contributed by atoms with Crippen LogP contribution in [-0.4, -0.2) is 5.11 Å². The van der Waals surface area contributed by atoms with Crippen LogP contribution >= 0.6 is 0 Å². The van der Waals surface area contributed by atoms with Crippen LogP contribution in [0, 0.1) is 5.82 Å². The summed E-state index contributed by atoms with van der Waals surface area (Å²) in [5.41, 5.74) is 7.43. The summed E-state index contributed by atoms with van der Waals surface area (Å²) < 4.78 is 12.8. The van der Waals surface area contributed by atoms with Gasteiger partial charge < -0.3 is 10.8 Å². The second kappa shape index (κ2) is 5.08. The predicted molar refractivity (Wildman–Crippen MR) is 64.7 cm³/mol. The molecule has 2 rings (SSSR count). The molecule has 0 heterocycles. The highest BCUT2D eigenvalue weighted by atomic mass is 19.1. The standard InChI is InChI=1S/C14H14FNO/c15-12-8-6-11(7-9-12)14(17)13(16)10-4-2-1-3-5-10/h1-9,13-14,17H,16H2. The molecular formula is C14H14FNO. The van der Waals surface area contributed by atoms with Crippen LogP contribution in [0.15, 0.2) is 54.6 Å². The third-order valence-electron chi connectivity index (χ3n) is 2.74. The van der Waals surface area contributed by atoms with Gasteiger partial charge >= 0.3 is 0 Å². The van der Waals surface area contributed by atoms with Crippen molar-refractivity contribution in [3.8, 4) is 0 Å². The van der Waals surface area contributed by atoms with E-state index in [0.717, 1.165) is 5.56 Å². The summed E-state index contributed by atoms with van der Waals surface area (Å²) in [5.74, 6) is -0.325. The fraction of sp³-hybridized carbons (Fsp3) is 0.143. The Bertz CT molecular complexity index is 469. The Morgan fingerprint density at radius 3 is 2.06 bits per heavy atom. The molecule has 3 N–H and O–H groups in total. The summed E-state index contributed by atoms with van der Waals surface area (Å²) in [6.45, 7) is 0. The minimum absolute atomic E-state index is 0.325. The van der Waals surface area contributed by atoms with Gasteiger partial charge in [-0.3, -0.25) is 0 Å². The zero-order valence-electron chi connectivity index (χ0n) is 9.25. The smallest absolute Gasteiger partial charge is 0.123 e. The van der Waals surface area contributed by atoms with Crippen molar-refractivity contribution in [3.63, 3.8) is 0 Å². The summed E-state index contributed by atoms with van der Waals surface area (Å²) in [7, 11) is 0. The molecule has 0 bridgehead atoms.